The topological polar surface area (TPSA) is 91.3 Å². The van der Waals surface area contributed by atoms with Gasteiger partial charge in [-0.1, -0.05) is 23.2 Å². The molecule has 0 amide bonds. The molecule has 0 aliphatic carbocycles. The number of ether oxygens (including phenoxy) is 1. The van der Waals surface area contributed by atoms with Crippen LogP contribution in [0.5, 0.6) is 11.6 Å². The average molecular weight is 314 g/mol. The molecular formula is C12H9Cl2N3O3. The Labute approximate surface area is 124 Å². The number of aromatic nitrogens is 1. The first-order chi connectivity index (χ1) is 9.38. The van der Waals surface area contributed by atoms with Gasteiger partial charge < -0.3 is 10.5 Å². The fourth-order valence-corrected chi connectivity index (χ4v) is 2.14. The van der Waals surface area contributed by atoms with Crippen molar-refractivity contribution in [3.8, 4) is 11.6 Å². The highest BCUT2D eigenvalue weighted by molar-refractivity contribution is 6.37. The van der Waals surface area contributed by atoms with Gasteiger partial charge in [0.05, 0.1) is 15.0 Å². The zero-order valence-corrected chi connectivity index (χ0v) is 11.8. The number of benzene rings is 1. The summed E-state index contributed by atoms with van der Waals surface area (Å²) in [7, 11) is 0. The zero-order valence-electron chi connectivity index (χ0n) is 10.3. The first-order valence-corrected chi connectivity index (χ1v) is 6.18. The third-order valence-corrected chi connectivity index (χ3v) is 3.02. The molecule has 1 aromatic carbocycles. The Bertz CT molecular complexity index is 669. The second-order valence-electron chi connectivity index (χ2n) is 3.93. The highest BCUT2D eigenvalue weighted by atomic mass is 35.5. The van der Waals surface area contributed by atoms with Crippen molar-refractivity contribution in [1.29, 1.82) is 0 Å². The summed E-state index contributed by atoms with van der Waals surface area (Å²) in [6, 6.07) is 5.65. The third kappa shape index (κ3) is 2.92. The van der Waals surface area contributed by atoms with E-state index in [1.54, 1.807) is 0 Å². The maximum Gasteiger partial charge on any atom is 0.290 e. The summed E-state index contributed by atoms with van der Waals surface area (Å²) < 4.78 is 5.46. The molecular weight excluding hydrogens is 305 g/mol. The van der Waals surface area contributed by atoms with Crippen LogP contribution < -0.4 is 10.5 Å². The van der Waals surface area contributed by atoms with Gasteiger partial charge in [0.25, 0.3) is 5.69 Å². The molecule has 1 aromatic heterocycles. The largest absolute Gasteiger partial charge is 0.436 e. The van der Waals surface area contributed by atoms with Gasteiger partial charge in [0.15, 0.2) is 5.75 Å². The van der Waals surface area contributed by atoms with Gasteiger partial charge in [-0.05, 0) is 19.1 Å². The van der Waals surface area contributed by atoms with Crippen LogP contribution in [0.15, 0.2) is 24.3 Å². The Morgan fingerprint density at radius 3 is 2.40 bits per heavy atom. The number of nitrogens with zero attached hydrogens (tertiary/aromatic N) is 2. The zero-order chi connectivity index (χ0) is 14.9. The lowest BCUT2D eigenvalue weighted by molar-refractivity contribution is -0.385. The number of nitrogen functional groups attached to an aromatic ring is 1. The quantitative estimate of drug-likeness (QED) is 0.525. The molecule has 104 valence electrons. The van der Waals surface area contributed by atoms with Crippen molar-refractivity contribution >= 4 is 34.6 Å². The molecule has 2 N–H and O–H groups in total. The molecule has 0 aliphatic heterocycles. The standard InChI is InChI=1S/C12H9Cl2N3O3/c1-6-10(17(18)19)2-3-11(16-6)20-12-8(13)4-7(15)5-9(12)14/h2-5H,15H2,1H3. The predicted molar refractivity (Wildman–Crippen MR) is 76.6 cm³/mol. The monoisotopic (exact) mass is 313 g/mol. The van der Waals surface area contributed by atoms with Gasteiger partial charge in [0.2, 0.25) is 5.88 Å². The lowest BCUT2D eigenvalue weighted by Gasteiger charge is -2.10. The molecule has 6 nitrogen and oxygen atoms in total. The van der Waals surface area contributed by atoms with Crippen LogP contribution in [0, 0.1) is 17.0 Å². The molecule has 0 bridgehead atoms. The van der Waals surface area contributed by atoms with Gasteiger partial charge in [-0.15, -0.1) is 0 Å². The Morgan fingerprint density at radius 2 is 1.90 bits per heavy atom. The summed E-state index contributed by atoms with van der Waals surface area (Å²) in [6.07, 6.45) is 0. The molecule has 8 heteroatoms. The molecule has 0 saturated carbocycles. The van der Waals surface area contributed by atoms with Gasteiger partial charge in [-0.25, -0.2) is 4.98 Å². The van der Waals surface area contributed by atoms with Gasteiger partial charge in [-0.3, -0.25) is 10.1 Å². The number of hydrogen-bond acceptors (Lipinski definition) is 5. The van der Waals surface area contributed by atoms with Crippen molar-refractivity contribution in [2.24, 2.45) is 0 Å². The van der Waals surface area contributed by atoms with Crippen LogP contribution in [-0.2, 0) is 0 Å². The summed E-state index contributed by atoms with van der Waals surface area (Å²) in [5.74, 6) is 0.352. The van der Waals surface area contributed by atoms with Crippen molar-refractivity contribution in [2.45, 2.75) is 6.92 Å². The molecule has 0 atom stereocenters. The Hall–Kier alpha value is -2.05. The van der Waals surface area contributed by atoms with Crippen LogP contribution >= 0.6 is 23.2 Å². The van der Waals surface area contributed by atoms with Crippen LogP contribution in [0.3, 0.4) is 0 Å². The van der Waals surface area contributed by atoms with Crippen LogP contribution in [0.2, 0.25) is 10.0 Å². The second-order valence-corrected chi connectivity index (χ2v) is 4.74. The minimum atomic E-state index is -0.519. The molecule has 0 unspecified atom stereocenters. The third-order valence-electron chi connectivity index (χ3n) is 2.46. The number of nitro groups is 1. The number of rotatable bonds is 3. The highest BCUT2D eigenvalue weighted by Crippen LogP contribution is 2.38. The highest BCUT2D eigenvalue weighted by Gasteiger charge is 2.15. The molecule has 2 aromatic rings. The fraction of sp³-hybridized carbons (Fsp3) is 0.0833. The number of aryl methyl sites for hydroxylation is 1. The summed E-state index contributed by atoms with van der Waals surface area (Å²) >= 11 is 12.0. The maximum absolute atomic E-state index is 10.7. The molecule has 1 heterocycles. The molecule has 0 aliphatic rings. The lowest BCUT2D eigenvalue weighted by Crippen LogP contribution is -1.97. The SMILES string of the molecule is Cc1nc(Oc2c(Cl)cc(N)cc2Cl)ccc1[N+](=O)[O-]. The average Bonchev–Trinajstić information content (AvgIpc) is 2.33. The van der Waals surface area contributed by atoms with Crippen LogP contribution in [-0.4, -0.2) is 9.91 Å². The van der Waals surface area contributed by atoms with E-state index in [1.807, 2.05) is 0 Å². The molecule has 0 spiro atoms. The Balaban J connectivity index is 2.36. The van der Waals surface area contributed by atoms with E-state index in [1.165, 1.54) is 31.2 Å². The number of pyridine rings is 1. The number of halogens is 2. The van der Waals surface area contributed by atoms with E-state index in [9.17, 15) is 10.1 Å². The van der Waals surface area contributed by atoms with Crippen molar-refractivity contribution in [3.63, 3.8) is 0 Å². The van der Waals surface area contributed by atoms with Crippen LogP contribution in [0.25, 0.3) is 0 Å². The van der Waals surface area contributed by atoms with E-state index < -0.39 is 4.92 Å². The minimum absolute atomic E-state index is 0.0909. The summed E-state index contributed by atoms with van der Waals surface area (Å²) in [5.41, 5.74) is 6.13. The van der Waals surface area contributed by atoms with Gasteiger partial charge in [-0.2, -0.15) is 0 Å². The fourth-order valence-electron chi connectivity index (χ4n) is 1.56. The van der Waals surface area contributed by atoms with E-state index in [0.29, 0.717) is 5.69 Å². The van der Waals surface area contributed by atoms with E-state index in [2.05, 4.69) is 4.98 Å². The normalized spacial score (nSPS) is 10.3. The van der Waals surface area contributed by atoms with Gasteiger partial charge in [0.1, 0.15) is 5.69 Å². The van der Waals surface area contributed by atoms with E-state index in [4.69, 9.17) is 33.7 Å². The second kappa shape index (κ2) is 5.52. The predicted octanol–water partition coefficient (Wildman–Crippen LogP) is 3.98. The van der Waals surface area contributed by atoms with Gasteiger partial charge in [0, 0.05) is 17.8 Å². The number of hydrogen-bond donors (Lipinski definition) is 1. The molecule has 20 heavy (non-hydrogen) atoms. The van der Waals surface area contributed by atoms with Crippen molar-refractivity contribution in [1.82, 2.24) is 4.98 Å². The summed E-state index contributed by atoms with van der Waals surface area (Å²) in [6.45, 7) is 1.51. The summed E-state index contributed by atoms with van der Waals surface area (Å²) in [5, 5.41) is 11.2. The molecule has 0 saturated heterocycles. The number of nitrogens with two attached hydrogens (primary N) is 1. The van der Waals surface area contributed by atoms with Crippen LogP contribution in [0.1, 0.15) is 5.69 Å². The number of anilines is 1. The van der Waals surface area contributed by atoms with Gasteiger partial charge >= 0.3 is 0 Å². The van der Waals surface area contributed by atoms with E-state index in [0.717, 1.165) is 0 Å². The van der Waals surface area contributed by atoms with E-state index >= 15 is 0 Å². The Kier molecular flexibility index (Phi) is 3.96. The van der Waals surface area contributed by atoms with Crippen LogP contribution in [0.4, 0.5) is 11.4 Å². The molecule has 0 fully saturated rings. The first-order valence-electron chi connectivity index (χ1n) is 5.43. The maximum atomic E-state index is 10.7. The molecule has 0 radical (unpaired) electrons. The van der Waals surface area contributed by atoms with E-state index in [-0.39, 0.29) is 33.1 Å². The Morgan fingerprint density at radius 1 is 1.30 bits per heavy atom. The van der Waals surface area contributed by atoms with Crippen molar-refractivity contribution in [2.75, 3.05) is 5.73 Å². The molecule has 2 rings (SSSR count). The van der Waals surface area contributed by atoms with Crippen molar-refractivity contribution < 1.29 is 9.66 Å². The van der Waals surface area contributed by atoms with Crippen molar-refractivity contribution in [3.05, 3.63) is 50.1 Å². The smallest absolute Gasteiger partial charge is 0.290 e. The lowest BCUT2D eigenvalue weighted by atomic mass is 10.3. The first kappa shape index (κ1) is 14.4. The summed E-state index contributed by atoms with van der Waals surface area (Å²) in [4.78, 5) is 14.2. The minimum Gasteiger partial charge on any atom is -0.436 e.